The Hall–Kier alpha value is -1.54. The second-order valence-corrected chi connectivity index (χ2v) is 5.72. The smallest absolute Gasteiger partial charge is 0.374 e. The minimum atomic E-state index is -6.02. The molecule has 124 valence electrons. The number of aliphatic hydroxyl groups is 1. The fourth-order valence-corrected chi connectivity index (χ4v) is 2.54. The second kappa shape index (κ2) is 5.83. The van der Waals surface area contributed by atoms with E-state index in [1.54, 1.807) is 0 Å². The summed E-state index contributed by atoms with van der Waals surface area (Å²) >= 11 is 2.96. The van der Waals surface area contributed by atoms with Crippen molar-refractivity contribution in [3.8, 4) is 0 Å². The Labute approximate surface area is 135 Å². The third-order valence-electron chi connectivity index (χ3n) is 3.31. The summed E-state index contributed by atoms with van der Waals surface area (Å²) in [6.45, 7) is 0. The fourth-order valence-electron chi connectivity index (χ4n) is 2.14. The van der Waals surface area contributed by atoms with E-state index in [2.05, 4.69) is 15.9 Å². The third kappa shape index (κ3) is 2.97. The van der Waals surface area contributed by atoms with E-state index in [0.29, 0.717) is 24.3 Å². The van der Waals surface area contributed by atoms with E-state index in [1.807, 2.05) is 0 Å². The van der Waals surface area contributed by atoms with Crippen molar-refractivity contribution in [2.45, 2.75) is 17.7 Å². The van der Waals surface area contributed by atoms with Gasteiger partial charge in [0.2, 0.25) is 0 Å². The summed E-state index contributed by atoms with van der Waals surface area (Å²) in [5, 5.41) is 10.4. The topological polar surface area (TPSA) is 20.2 Å². The average molecular weight is 399 g/mol. The molecule has 1 nitrogen and oxygen atoms in total. The predicted octanol–water partition coefficient (Wildman–Crippen LogP) is 5.02. The third-order valence-corrected chi connectivity index (χ3v) is 3.81. The summed E-state index contributed by atoms with van der Waals surface area (Å²) in [5.41, 5.74) is -5.16. The lowest BCUT2D eigenvalue weighted by atomic mass is 9.80. The Morgan fingerprint density at radius 1 is 0.826 bits per heavy atom. The van der Waals surface area contributed by atoms with E-state index in [1.165, 1.54) is 12.1 Å². The molecule has 2 rings (SSSR count). The number of hydrogen-bond acceptors (Lipinski definition) is 1. The maximum atomic E-state index is 14.1. The van der Waals surface area contributed by atoms with Crippen LogP contribution in [0.25, 0.3) is 0 Å². The first kappa shape index (κ1) is 17.8. The van der Waals surface area contributed by atoms with Crippen LogP contribution in [-0.2, 0) is 5.60 Å². The standard InChI is InChI=1S/C15H9BrF6O/c16-11-3-1-2-10(8-11)13(23,14(18,19)15(20,21)22)9-4-6-12(17)7-5-9/h1-8,23H. The lowest BCUT2D eigenvalue weighted by molar-refractivity contribution is -0.336. The number of hydrogen-bond donors (Lipinski definition) is 1. The van der Waals surface area contributed by atoms with E-state index in [9.17, 15) is 31.4 Å². The first-order valence-corrected chi connectivity index (χ1v) is 6.98. The minimum absolute atomic E-state index is 0.202. The molecule has 2 aromatic rings. The normalized spacial score (nSPS) is 15.3. The minimum Gasteiger partial charge on any atom is -0.374 e. The molecule has 0 spiro atoms. The monoisotopic (exact) mass is 398 g/mol. The lowest BCUT2D eigenvalue weighted by Crippen LogP contribution is -2.55. The molecular weight excluding hydrogens is 390 g/mol. The van der Waals surface area contributed by atoms with Gasteiger partial charge >= 0.3 is 12.1 Å². The molecule has 0 saturated carbocycles. The predicted molar refractivity (Wildman–Crippen MR) is 74.5 cm³/mol. The Morgan fingerprint density at radius 2 is 1.39 bits per heavy atom. The molecule has 0 heterocycles. The molecule has 1 N–H and O–H groups in total. The van der Waals surface area contributed by atoms with Gasteiger partial charge in [-0.2, -0.15) is 22.0 Å². The van der Waals surface area contributed by atoms with Gasteiger partial charge in [-0.05, 0) is 35.4 Å². The van der Waals surface area contributed by atoms with Crippen LogP contribution < -0.4 is 0 Å². The SMILES string of the molecule is OC(c1ccc(F)cc1)(c1cccc(Br)c1)C(F)(F)C(F)(F)F. The number of benzene rings is 2. The Morgan fingerprint density at radius 3 is 1.87 bits per heavy atom. The van der Waals surface area contributed by atoms with Crippen molar-refractivity contribution in [1.29, 1.82) is 0 Å². The highest BCUT2D eigenvalue weighted by Gasteiger charge is 2.71. The van der Waals surface area contributed by atoms with Crippen LogP contribution in [0.3, 0.4) is 0 Å². The molecular formula is C15H9BrF6O. The summed E-state index contributed by atoms with van der Waals surface area (Å²) in [7, 11) is 0. The van der Waals surface area contributed by atoms with Crippen LogP contribution in [0.1, 0.15) is 11.1 Å². The highest BCUT2D eigenvalue weighted by Crippen LogP contribution is 2.51. The van der Waals surface area contributed by atoms with E-state index in [-0.39, 0.29) is 4.47 Å². The lowest BCUT2D eigenvalue weighted by Gasteiger charge is -2.37. The van der Waals surface area contributed by atoms with Crippen LogP contribution in [0.15, 0.2) is 53.0 Å². The highest BCUT2D eigenvalue weighted by molar-refractivity contribution is 9.10. The average Bonchev–Trinajstić information content (AvgIpc) is 2.45. The van der Waals surface area contributed by atoms with Gasteiger partial charge < -0.3 is 5.11 Å². The van der Waals surface area contributed by atoms with Crippen LogP contribution in [0.5, 0.6) is 0 Å². The van der Waals surface area contributed by atoms with Crippen LogP contribution >= 0.6 is 15.9 Å². The van der Waals surface area contributed by atoms with Gasteiger partial charge in [-0.25, -0.2) is 4.39 Å². The van der Waals surface area contributed by atoms with Crippen LogP contribution in [0.2, 0.25) is 0 Å². The quantitative estimate of drug-likeness (QED) is 0.719. The Balaban J connectivity index is 2.77. The molecule has 0 aliphatic rings. The van der Waals surface area contributed by atoms with Crippen molar-refractivity contribution in [1.82, 2.24) is 0 Å². The van der Waals surface area contributed by atoms with Gasteiger partial charge in [-0.3, -0.25) is 0 Å². The van der Waals surface area contributed by atoms with Gasteiger partial charge in [0.1, 0.15) is 5.82 Å². The zero-order valence-corrected chi connectivity index (χ0v) is 12.8. The number of rotatable bonds is 3. The summed E-state index contributed by atoms with van der Waals surface area (Å²) in [4.78, 5) is 0. The van der Waals surface area contributed by atoms with Gasteiger partial charge in [0, 0.05) is 4.47 Å². The van der Waals surface area contributed by atoms with Gasteiger partial charge in [-0.15, -0.1) is 0 Å². The first-order valence-electron chi connectivity index (χ1n) is 6.19. The van der Waals surface area contributed by atoms with E-state index in [0.717, 1.165) is 12.1 Å². The molecule has 0 saturated heterocycles. The molecule has 8 heteroatoms. The molecule has 0 aliphatic carbocycles. The maximum absolute atomic E-state index is 14.1. The van der Waals surface area contributed by atoms with Crippen molar-refractivity contribution in [3.63, 3.8) is 0 Å². The van der Waals surface area contributed by atoms with E-state index in [4.69, 9.17) is 0 Å². The van der Waals surface area contributed by atoms with Crippen molar-refractivity contribution in [3.05, 3.63) is 69.9 Å². The van der Waals surface area contributed by atoms with E-state index < -0.39 is 34.6 Å². The van der Waals surface area contributed by atoms with Crippen molar-refractivity contribution >= 4 is 15.9 Å². The fraction of sp³-hybridized carbons (Fsp3) is 0.200. The summed E-state index contributed by atoms with van der Waals surface area (Å²) in [5.74, 6) is -6.33. The molecule has 1 unspecified atom stereocenters. The Bertz CT molecular complexity index is 698. The molecule has 2 aromatic carbocycles. The molecule has 23 heavy (non-hydrogen) atoms. The molecule has 0 fully saturated rings. The van der Waals surface area contributed by atoms with Gasteiger partial charge in [0.25, 0.3) is 0 Å². The number of alkyl halides is 5. The zero-order valence-electron chi connectivity index (χ0n) is 11.2. The zero-order chi connectivity index (χ0) is 17.5. The van der Waals surface area contributed by atoms with Gasteiger partial charge in [0.05, 0.1) is 0 Å². The molecule has 1 atom stereocenters. The molecule has 0 bridgehead atoms. The molecule has 0 radical (unpaired) electrons. The largest absolute Gasteiger partial charge is 0.457 e. The summed E-state index contributed by atoms with van der Waals surface area (Å²) in [6.07, 6.45) is -6.02. The molecule has 0 amide bonds. The van der Waals surface area contributed by atoms with Crippen LogP contribution in [0, 0.1) is 5.82 Å². The van der Waals surface area contributed by atoms with Crippen molar-refractivity contribution in [2.24, 2.45) is 0 Å². The van der Waals surface area contributed by atoms with E-state index >= 15 is 0 Å². The Kier molecular flexibility index (Phi) is 4.51. The number of halogens is 7. The maximum Gasteiger partial charge on any atom is 0.457 e. The van der Waals surface area contributed by atoms with Crippen molar-refractivity contribution < 1.29 is 31.4 Å². The van der Waals surface area contributed by atoms with Crippen LogP contribution in [0.4, 0.5) is 26.3 Å². The van der Waals surface area contributed by atoms with Crippen LogP contribution in [-0.4, -0.2) is 17.2 Å². The highest BCUT2D eigenvalue weighted by atomic mass is 79.9. The second-order valence-electron chi connectivity index (χ2n) is 4.80. The summed E-state index contributed by atoms with van der Waals surface area (Å²) < 4.78 is 80.0. The van der Waals surface area contributed by atoms with Gasteiger partial charge in [0.15, 0.2) is 5.60 Å². The summed E-state index contributed by atoms with van der Waals surface area (Å²) in [6, 6.07) is 7.28. The molecule has 0 aromatic heterocycles. The van der Waals surface area contributed by atoms with Gasteiger partial charge in [-0.1, -0.05) is 40.2 Å². The first-order chi connectivity index (χ1) is 10.5. The molecule has 0 aliphatic heterocycles. The van der Waals surface area contributed by atoms with Crippen molar-refractivity contribution in [2.75, 3.05) is 0 Å².